The maximum absolute atomic E-state index is 4.22. The molecule has 0 aliphatic carbocycles. The van der Waals surface area contributed by atoms with E-state index in [1.54, 1.807) is 0 Å². The normalized spacial score (nSPS) is 10.4. The molecule has 0 aromatic carbocycles. The Balaban J connectivity index is 2.21. The van der Waals surface area contributed by atoms with Gasteiger partial charge in [-0.1, -0.05) is 19.8 Å². The molecule has 2 N–H and O–H groups in total. The van der Waals surface area contributed by atoms with Gasteiger partial charge in [-0.15, -0.1) is 0 Å². The highest BCUT2D eigenvalue weighted by atomic mass is 15.1. The van der Waals surface area contributed by atoms with Crippen LogP contribution >= 0.6 is 0 Å². The molecule has 0 fully saturated rings. The Labute approximate surface area is 97.9 Å². The van der Waals surface area contributed by atoms with Gasteiger partial charge in [0.15, 0.2) is 0 Å². The van der Waals surface area contributed by atoms with Crippen LogP contribution in [0.4, 0.5) is 5.95 Å². The molecule has 0 spiro atoms. The Morgan fingerprint density at radius 2 is 1.88 bits per heavy atom. The van der Waals surface area contributed by atoms with Gasteiger partial charge in [0.1, 0.15) is 0 Å². The van der Waals surface area contributed by atoms with Gasteiger partial charge in [0, 0.05) is 31.0 Å². The summed E-state index contributed by atoms with van der Waals surface area (Å²) in [6, 6.07) is 0. The SMILES string of the molecule is CCCCCNCc1cnc(NCC)nc1. The van der Waals surface area contributed by atoms with Gasteiger partial charge in [-0.25, -0.2) is 9.97 Å². The number of aromatic nitrogens is 2. The van der Waals surface area contributed by atoms with Crippen molar-refractivity contribution < 1.29 is 0 Å². The Hall–Kier alpha value is -1.16. The average molecular weight is 222 g/mol. The monoisotopic (exact) mass is 222 g/mol. The first-order valence-electron chi connectivity index (χ1n) is 6.12. The first-order chi connectivity index (χ1) is 7.86. The summed E-state index contributed by atoms with van der Waals surface area (Å²) in [7, 11) is 0. The van der Waals surface area contributed by atoms with Gasteiger partial charge >= 0.3 is 0 Å². The van der Waals surface area contributed by atoms with Crippen LogP contribution in [-0.2, 0) is 6.54 Å². The van der Waals surface area contributed by atoms with Crippen LogP contribution in [0.3, 0.4) is 0 Å². The summed E-state index contributed by atoms with van der Waals surface area (Å²) in [5.74, 6) is 0.706. The zero-order valence-corrected chi connectivity index (χ0v) is 10.3. The van der Waals surface area contributed by atoms with Crippen LogP contribution in [0.2, 0.25) is 0 Å². The quantitative estimate of drug-likeness (QED) is 0.662. The molecule has 0 atom stereocenters. The number of rotatable bonds is 8. The van der Waals surface area contributed by atoms with Crippen molar-refractivity contribution in [3.05, 3.63) is 18.0 Å². The first kappa shape index (κ1) is 12.9. The molecule has 1 heterocycles. The minimum absolute atomic E-state index is 0.706. The van der Waals surface area contributed by atoms with Crippen LogP contribution in [0.1, 0.15) is 38.7 Å². The molecule has 1 aromatic heterocycles. The Morgan fingerprint density at radius 1 is 1.12 bits per heavy atom. The zero-order chi connectivity index (χ0) is 11.6. The first-order valence-corrected chi connectivity index (χ1v) is 6.12. The van der Waals surface area contributed by atoms with Crippen molar-refractivity contribution in [3.63, 3.8) is 0 Å². The van der Waals surface area contributed by atoms with Gasteiger partial charge in [-0.3, -0.25) is 0 Å². The van der Waals surface area contributed by atoms with Crippen molar-refractivity contribution in [3.8, 4) is 0 Å². The lowest BCUT2D eigenvalue weighted by molar-refractivity contribution is 0.615. The molecule has 0 unspecified atom stereocenters. The number of hydrogen-bond acceptors (Lipinski definition) is 4. The number of anilines is 1. The largest absolute Gasteiger partial charge is 0.355 e. The molecule has 1 aromatic rings. The smallest absolute Gasteiger partial charge is 0.222 e. The third-order valence-corrected chi connectivity index (χ3v) is 2.33. The lowest BCUT2D eigenvalue weighted by Gasteiger charge is -2.05. The number of unbranched alkanes of at least 4 members (excludes halogenated alkanes) is 2. The maximum atomic E-state index is 4.22. The summed E-state index contributed by atoms with van der Waals surface area (Å²) >= 11 is 0. The predicted molar refractivity (Wildman–Crippen MR) is 67.4 cm³/mol. The Kier molecular flexibility index (Phi) is 6.49. The summed E-state index contributed by atoms with van der Waals surface area (Å²) in [5, 5.41) is 6.46. The van der Waals surface area contributed by atoms with E-state index >= 15 is 0 Å². The topological polar surface area (TPSA) is 49.8 Å². The number of nitrogens with one attached hydrogen (secondary N) is 2. The van der Waals surface area contributed by atoms with Crippen molar-refractivity contribution in [1.82, 2.24) is 15.3 Å². The van der Waals surface area contributed by atoms with Gasteiger partial charge in [0.25, 0.3) is 0 Å². The molecular formula is C12H22N4. The summed E-state index contributed by atoms with van der Waals surface area (Å²) in [5.41, 5.74) is 1.14. The fourth-order valence-electron chi connectivity index (χ4n) is 1.43. The Morgan fingerprint density at radius 3 is 2.50 bits per heavy atom. The highest BCUT2D eigenvalue weighted by Gasteiger charge is 1.95. The molecule has 0 saturated carbocycles. The van der Waals surface area contributed by atoms with Gasteiger partial charge in [0.2, 0.25) is 5.95 Å². The molecule has 0 aliphatic rings. The fraction of sp³-hybridized carbons (Fsp3) is 0.667. The van der Waals surface area contributed by atoms with Crippen molar-refractivity contribution in [2.24, 2.45) is 0 Å². The average Bonchev–Trinajstić information content (AvgIpc) is 2.31. The van der Waals surface area contributed by atoms with E-state index in [1.165, 1.54) is 19.3 Å². The van der Waals surface area contributed by atoms with Crippen molar-refractivity contribution in [2.45, 2.75) is 39.7 Å². The molecule has 0 saturated heterocycles. The van der Waals surface area contributed by atoms with Gasteiger partial charge in [-0.2, -0.15) is 0 Å². The predicted octanol–water partition coefficient (Wildman–Crippen LogP) is 2.19. The fourth-order valence-corrected chi connectivity index (χ4v) is 1.43. The van der Waals surface area contributed by atoms with Gasteiger partial charge in [0.05, 0.1) is 0 Å². The summed E-state index contributed by atoms with van der Waals surface area (Å²) in [4.78, 5) is 8.44. The van der Waals surface area contributed by atoms with E-state index in [1.807, 2.05) is 19.3 Å². The molecule has 4 nitrogen and oxygen atoms in total. The third kappa shape index (κ3) is 5.07. The lowest BCUT2D eigenvalue weighted by atomic mass is 10.2. The zero-order valence-electron chi connectivity index (χ0n) is 10.3. The second-order valence-corrected chi connectivity index (χ2v) is 3.83. The molecular weight excluding hydrogens is 200 g/mol. The molecule has 90 valence electrons. The minimum atomic E-state index is 0.706. The van der Waals surface area contributed by atoms with Gasteiger partial charge < -0.3 is 10.6 Å². The van der Waals surface area contributed by atoms with E-state index in [2.05, 4.69) is 27.5 Å². The van der Waals surface area contributed by atoms with Gasteiger partial charge in [-0.05, 0) is 19.9 Å². The van der Waals surface area contributed by atoms with Crippen LogP contribution in [0.15, 0.2) is 12.4 Å². The van der Waals surface area contributed by atoms with Crippen LogP contribution in [-0.4, -0.2) is 23.1 Å². The minimum Gasteiger partial charge on any atom is -0.355 e. The maximum Gasteiger partial charge on any atom is 0.222 e. The van der Waals surface area contributed by atoms with Crippen LogP contribution in [0, 0.1) is 0 Å². The Bertz CT molecular complexity index is 271. The lowest BCUT2D eigenvalue weighted by Crippen LogP contribution is -2.15. The van der Waals surface area contributed by atoms with Crippen LogP contribution in [0.25, 0.3) is 0 Å². The number of hydrogen-bond donors (Lipinski definition) is 2. The highest BCUT2D eigenvalue weighted by Crippen LogP contribution is 1.99. The van der Waals surface area contributed by atoms with E-state index in [0.29, 0.717) is 5.95 Å². The highest BCUT2D eigenvalue weighted by molar-refractivity contribution is 5.24. The molecule has 4 heteroatoms. The summed E-state index contributed by atoms with van der Waals surface area (Å²) < 4.78 is 0. The second kappa shape index (κ2) is 8.05. The van der Waals surface area contributed by atoms with E-state index in [9.17, 15) is 0 Å². The molecule has 0 amide bonds. The van der Waals surface area contributed by atoms with Crippen molar-refractivity contribution >= 4 is 5.95 Å². The van der Waals surface area contributed by atoms with Crippen molar-refractivity contribution in [2.75, 3.05) is 18.4 Å². The molecule has 0 radical (unpaired) electrons. The summed E-state index contributed by atoms with van der Waals surface area (Å²) in [6.45, 7) is 7.04. The molecule has 16 heavy (non-hydrogen) atoms. The third-order valence-electron chi connectivity index (χ3n) is 2.33. The van der Waals surface area contributed by atoms with E-state index < -0.39 is 0 Å². The summed E-state index contributed by atoms with van der Waals surface area (Å²) in [6.07, 6.45) is 7.55. The molecule has 0 bridgehead atoms. The molecule has 1 rings (SSSR count). The van der Waals surface area contributed by atoms with E-state index in [-0.39, 0.29) is 0 Å². The van der Waals surface area contributed by atoms with Crippen LogP contribution in [0.5, 0.6) is 0 Å². The molecule has 0 aliphatic heterocycles. The standard InChI is InChI=1S/C12H22N4/c1-3-5-6-7-13-8-11-9-15-12(14-4-2)16-10-11/h9-10,13H,3-8H2,1-2H3,(H,14,15,16). The van der Waals surface area contributed by atoms with E-state index in [4.69, 9.17) is 0 Å². The number of nitrogens with zero attached hydrogens (tertiary/aromatic N) is 2. The van der Waals surface area contributed by atoms with Crippen molar-refractivity contribution in [1.29, 1.82) is 0 Å². The van der Waals surface area contributed by atoms with Crippen LogP contribution < -0.4 is 10.6 Å². The second-order valence-electron chi connectivity index (χ2n) is 3.83. The van der Waals surface area contributed by atoms with E-state index in [0.717, 1.165) is 25.2 Å².